The fourth-order valence-corrected chi connectivity index (χ4v) is 5.72. The van der Waals surface area contributed by atoms with Crippen molar-refractivity contribution in [2.75, 3.05) is 37.8 Å². The maximum Gasteiger partial charge on any atom is 0.275 e. The first-order valence-corrected chi connectivity index (χ1v) is 16.2. The molecule has 1 N–H and O–H groups in total. The lowest BCUT2D eigenvalue weighted by Gasteiger charge is -2.40. The van der Waals surface area contributed by atoms with Crippen molar-refractivity contribution in [3.8, 4) is 18.1 Å². The van der Waals surface area contributed by atoms with Crippen molar-refractivity contribution in [1.29, 1.82) is 0 Å². The number of hydrogen-bond donors (Lipinski definition) is 1. The van der Waals surface area contributed by atoms with Crippen molar-refractivity contribution < 1.29 is 27.1 Å². The number of ether oxygens (including phenoxy) is 1. The smallest absolute Gasteiger partial charge is 0.275 e. The first-order chi connectivity index (χ1) is 21.3. The van der Waals surface area contributed by atoms with E-state index >= 15 is 0 Å². The predicted octanol–water partition coefficient (Wildman–Crippen LogP) is 3.90. The zero-order valence-corrected chi connectivity index (χ0v) is 26.5. The van der Waals surface area contributed by atoms with Crippen molar-refractivity contribution >= 4 is 27.5 Å². The monoisotopic (exact) mass is 633 g/mol. The van der Waals surface area contributed by atoms with Gasteiger partial charge in [-0.05, 0) is 66.8 Å². The van der Waals surface area contributed by atoms with Crippen LogP contribution in [-0.2, 0) is 21.1 Å². The van der Waals surface area contributed by atoms with Gasteiger partial charge in [0.1, 0.15) is 35.2 Å². The Balaban J connectivity index is 1.55. The van der Waals surface area contributed by atoms with E-state index in [9.17, 15) is 22.4 Å². The van der Waals surface area contributed by atoms with Gasteiger partial charge in [0.05, 0.1) is 11.1 Å². The Morgan fingerprint density at radius 2 is 1.96 bits per heavy atom. The van der Waals surface area contributed by atoms with Crippen LogP contribution in [0.3, 0.4) is 0 Å². The van der Waals surface area contributed by atoms with Crippen LogP contribution in [0, 0.1) is 32.0 Å². The molecule has 0 unspecified atom stereocenters. The van der Waals surface area contributed by atoms with Crippen molar-refractivity contribution in [2.45, 2.75) is 44.2 Å². The van der Waals surface area contributed by atoms with Gasteiger partial charge in [0.2, 0.25) is 5.91 Å². The third-order valence-corrected chi connectivity index (χ3v) is 8.71. The number of terminal acetylenes is 1. The number of piperazine rings is 1. The Morgan fingerprint density at radius 1 is 1.20 bits per heavy atom. The summed E-state index contributed by atoms with van der Waals surface area (Å²) >= 11 is 0. The van der Waals surface area contributed by atoms with E-state index in [0.29, 0.717) is 60.6 Å². The maximum absolute atomic E-state index is 14.9. The lowest BCUT2D eigenvalue weighted by atomic mass is 10.0. The molecule has 3 aromatic rings. The van der Waals surface area contributed by atoms with Crippen LogP contribution in [0.5, 0.6) is 5.75 Å². The third kappa shape index (κ3) is 7.92. The molecule has 1 aliphatic heterocycles. The number of pyridine rings is 2. The van der Waals surface area contributed by atoms with E-state index in [2.05, 4.69) is 32.7 Å². The molecule has 45 heavy (non-hydrogen) atoms. The summed E-state index contributed by atoms with van der Waals surface area (Å²) in [5.74, 6) is 2.17. The summed E-state index contributed by atoms with van der Waals surface area (Å²) < 4.78 is 44.9. The molecule has 3 heterocycles. The number of carbonyl (C=O) groups excluding carboxylic acids is 2. The van der Waals surface area contributed by atoms with Crippen molar-refractivity contribution in [1.82, 2.24) is 19.8 Å². The Kier molecular flexibility index (Phi) is 10.4. The Morgan fingerprint density at radius 3 is 2.56 bits per heavy atom. The highest BCUT2D eigenvalue weighted by Gasteiger charge is 2.30. The van der Waals surface area contributed by atoms with Gasteiger partial charge in [0.25, 0.3) is 5.91 Å². The van der Waals surface area contributed by atoms with Gasteiger partial charge in [-0.2, -0.15) is 0 Å². The molecule has 0 bridgehead atoms. The summed E-state index contributed by atoms with van der Waals surface area (Å²) in [6, 6.07) is 7.69. The van der Waals surface area contributed by atoms with E-state index < -0.39 is 27.9 Å². The third-order valence-electron chi connectivity index (χ3n) is 7.63. The van der Waals surface area contributed by atoms with Crippen LogP contribution in [-0.4, -0.2) is 78.5 Å². The molecule has 2 aromatic heterocycles. The molecule has 4 rings (SSSR count). The number of aryl methyl sites for hydroxylation is 3. The minimum atomic E-state index is -3.44. The molecule has 1 fully saturated rings. The molecule has 0 aliphatic carbocycles. The Labute approximate surface area is 263 Å². The number of halogens is 1. The second kappa shape index (κ2) is 14.0. The van der Waals surface area contributed by atoms with Crippen LogP contribution >= 0.6 is 0 Å². The molecule has 1 saturated heterocycles. The molecule has 0 spiro atoms. The molecule has 0 radical (unpaired) electrons. The fraction of sp³-hybridized carbons (Fsp3) is 0.333. The quantitative estimate of drug-likeness (QED) is 0.264. The maximum atomic E-state index is 14.9. The van der Waals surface area contributed by atoms with E-state index in [1.54, 1.807) is 30.9 Å². The van der Waals surface area contributed by atoms with Gasteiger partial charge in [-0.1, -0.05) is 31.6 Å². The highest BCUT2D eigenvalue weighted by atomic mass is 32.2. The van der Waals surface area contributed by atoms with Gasteiger partial charge in [0.15, 0.2) is 9.84 Å². The summed E-state index contributed by atoms with van der Waals surface area (Å²) in [5, 5.41) is 2.68. The number of nitrogens with zero attached hydrogens (tertiary/aromatic N) is 4. The molecule has 0 saturated carbocycles. The normalized spacial score (nSPS) is 16.0. The van der Waals surface area contributed by atoms with Crippen molar-refractivity contribution in [3.63, 3.8) is 0 Å². The van der Waals surface area contributed by atoms with E-state index in [1.165, 1.54) is 30.6 Å². The molecule has 10 nitrogen and oxygen atoms in total. The van der Waals surface area contributed by atoms with Gasteiger partial charge in [-0.15, -0.1) is 6.42 Å². The average Bonchev–Trinajstić information content (AvgIpc) is 3.00. The number of carbonyl (C=O) groups is 2. The van der Waals surface area contributed by atoms with Crippen LogP contribution in [0.4, 0.5) is 10.2 Å². The number of benzene rings is 1. The van der Waals surface area contributed by atoms with E-state index in [0.717, 1.165) is 6.26 Å². The zero-order chi connectivity index (χ0) is 32.9. The number of sulfone groups is 1. The number of aromatic nitrogens is 2. The van der Waals surface area contributed by atoms with Gasteiger partial charge in [0, 0.05) is 38.6 Å². The van der Waals surface area contributed by atoms with Crippen LogP contribution in [0.15, 0.2) is 60.3 Å². The first-order valence-electron chi connectivity index (χ1n) is 14.4. The summed E-state index contributed by atoms with van der Waals surface area (Å²) in [6.07, 6.45) is 10.6. The lowest BCUT2D eigenvalue weighted by Crippen LogP contribution is -2.55. The topological polar surface area (TPSA) is 122 Å². The highest BCUT2D eigenvalue weighted by molar-refractivity contribution is 7.90. The van der Waals surface area contributed by atoms with Crippen LogP contribution in [0.2, 0.25) is 0 Å². The van der Waals surface area contributed by atoms with E-state index in [1.807, 2.05) is 13.0 Å². The van der Waals surface area contributed by atoms with Crippen molar-refractivity contribution in [2.24, 2.45) is 0 Å². The number of amides is 2. The van der Waals surface area contributed by atoms with Crippen LogP contribution in [0.1, 0.15) is 45.8 Å². The molecular formula is C33H36FN5O5S. The minimum Gasteiger partial charge on any atom is -0.483 e. The summed E-state index contributed by atoms with van der Waals surface area (Å²) in [7, 11) is -3.44. The summed E-state index contributed by atoms with van der Waals surface area (Å²) in [4.78, 5) is 37.5. The summed E-state index contributed by atoms with van der Waals surface area (Å²) in [5.41, 5.74) is 2.33. The Bertz CT molecular complexity index is 1770. The minimum absolute atomic E-state index is 0.0505. The number of nitrogens with one attached hydrogen (secondary N) is 1. The fourth-order valence-electron chi connectivity index (χ4n) is 5.09. The number of anilines is 1. The SMILES string of the molecule is C#C[C@@H]1CN(C[C@H](Oc2cnc(C(=O)Nc3ncc(S(C)(=O)=O)cc3C)c(C)c2)c2ccc(CC)c(F)c2)CCN1C(=O)C=C. The molecular weight excluding hydrogens is 597 g/mol. The zero-order valence-electron chi connectivity index (χ0n) is 25.7. The second-order valence-corrected chi connectivity index (χ2v) is 12.9. The number of hydrogen-bond acceptors (Lipinski definition) is 8. The first kappa shape index (κ1) is 33.3. The van der Waals surface area contributed by atoms with Gasteiger partial charge in [-0.25, -0.2) is 22.8 Å². The van der Waals surface area contributed by atoms with Crippen LogP contribution < -0.4 is 10.1 Å². The molecule has 1 aliphatic rings. The van der Waals surface area contributed by atoms with Gasteiger partial charge in [-0.3, -0.25) is 14.5 Å². The predicted molar refractivity (Wildman–Crippen MR) is 169 cm³/mol. The van der Waals surface area contributed by atoms with Crippen LogP contribution in [0.25, 0.3) is 0 Å². The van der Waals surface area contributed by atoms with Gasteiger partial charge >= 0.3 is 0 Å². The molecule has 12 heteroatoms. The standard InChI is InChI=1S/C33H36FN5O5S/c1-7-23-10-11-24(16-28(23)34)29(20-38-12-13-39(30(40)9-3)25(8-2)19-38)44-26-14-21(4)31(35-17-26)33(41)37-32-22(5)15-27(18-36-32)45(6,42)43/h2,9-11,14-18,25,29H,3,7,12-13,19-20H2,1,4-6H3,(H,36,37,41)/t25-,29+/m1/s1. The second-order valence-electron chi connectivity index (χ2n) is 10.9. The highest BCUT2D eigenvalue weighted by Crippen LogP contribution is 2.27. The van der Waals surface area contributed by atoms with Crippen molar-refractivity contribution in [3.05, 3.63) is 89.1 Å². The molecule has 2 atom stereocenters. The molecule has 236 valence electrons. The average molecular weight is 634 g/mol. The largest absolute Gasteiger partial charge is 0.483 e. The number of rotatable bonds is 10. The lowest BCUT2D eigenvalue weighted by molar-refractivity contribution is -0.129. The van der Waals surface area contributed by atoms with Gasteiger partial charge < -0.3 is 15.0 Å². The molecule has 2 amide bonds. The molecule has 1 aromatic carbocycles. The van der Waals surface area contributed by atoms with E-state index in [-0.39, 0.29) is 28.1 Å². The Hall–Kier alpha value is -4.60. The summed E-state index contributed by atoms with van der Waals surface area (Å²) in [6.45, 7) is 10.5. The van der Waals surface area contributed by atoms with E-state index in [4.69, 9.17) is 11.2 Å².